The number of allylic oxidation sites excluding steroid dienone is 2. The van der Waals surface area contributed by atoms with Gasteiger partial charge in [-0.2, -0.15) is 15.8 Å². The summed E-state index contributed by atoms with van der Waals surface area (Å²) in [5, 5.41) is 29.5. The van der Waals surface area contributed by atoms with Crippen molar-refractivity contribution in [3.8, 4) is 18.2 Å². The Bertz CT molecular complexity index is 987. The zero-order chi connectivity index (χ0) is 20.5. The molecule has 2 N–H and O–H groups in total. The van der Waals surface area contributed by atoms with Gasteiger partial charge in [-0.3, -0.25) is 0 Å². The Morgan fingerprint density at radius 2 is 1.89 bits per heavy atom. The van der Waals surface area contributed by atoms with Crippen LogP contribution in [0, 0.1) is 45.3 Å². The molecule has 0 amide bonds. The van der Waals surface area contributed by atoms with Crippen LogP contribution in [0.3, 0.4) is 0 Å². The molecule has 7 heteroatoms. The molecule has 2 aliphatic rings. The van der Waals surface area contributed by atoms with E-state index in [9.17, 15) is 20.6 Å². The Labute approximate surface area is 163 Å². The van der Waals surface area contributed by atoms with Gasteiger partial charge >= 0.3 is 5.97 Å². The van der Waals surface area contributed by atoms with E-state index >= 15 is 0 Å². The predicted molar refractivity (Wildman–Crippen MR) is 100 cm³/mol. The number of rotatable bonds is 2. The first kappa shape index (κ1) is 19.2. The average molecular weight is 373 g/mol. The Kier molecular flexibility index (Phi) is 4.92. The van der Waals surface area contributed by atoms with E-state index in [-0.39, 0.29) is 17.2 Å². The molecule has 2 atom stereocenters. The van der Waals surface area contributed by atoms with Gasteiger partial charge in [0.25, 0.3) is 0 Å². The summed E-state index contributed by atoms with van der Waals surface area (Å²) in [5.41, 5.74) is 6.68. The third-order valence-corrected chi connectivity index (χ3v) is 5.52. The van der Waals surface area contributed by atoms with E-state index in [4.69, 9.17) is 10.5 Å². The summed E-state index contributed by atoms with van der Waals surface area (Å²) in [6.07, 6.45) is 1.87. The van der Waals surface area contributed by atoms with Gasteiger partial charge in [-0.1, -0.05) is 18.2 Å². The highest BCUT2D eigenvalue weighted by atomic mass is 16.5. The third kappa shape index (κ3) is 2.72. The minimum Gasteiger partial charge on any atom is -0.465 e. The molecule has 1 aliphatic carbocycles. The van der Waals surface area contributed by atoms with E-state index < -0.39 is 17.3 Å². The van der Waals surface area contributed by atoms with Crippen LogP contribution >= 0.6 is 0 Å². The van der Waals surface area contributed by atoms with Gasteiger partial charge in [-0.15, -0.1) is 0 Å². The fourth-order valence-corrected chi connectivity index (χ4v) is 4.10. The van der Waals surface area contributed by atoms with Crippen molar-refractivity contribution in [2.45, 2.75) is 5.92 Å². The van der Waals surface area contributed by atoms with Gasteiger partial charge in [-0.05, 0) is 30.3 Å². The number of fused-ring (bicyclic) bond motifs is 1. The van der Waals surface area contributed by atoms with Crippen molar-refractivity contribution < 1.29 is 9.53 Å². The van der Waals surface area contributed by atoms with Crippen molar-refractivity contribution >= 4 is 5.97 Å². The molecule has 0 spiro atoms. The molecular weight excluding hydrogens is 354 g/mol. The molecule has 7 nitrogen and oxygen atoms in total. The average Bonchev–Trinajstić information content (AvgIpc) is 2.73. The van der Waals surface area contributed by atoms with E-state index in [1.54, 1.807) is 24.3 Å². The molecule has 0 fully saturated rings. The van der Waals surface area contributed by atoms with Gasteiger partial charge in [0.05, 0.1) is 42.2 Å². The lowest BCUT2D eigenvalue weighted by Gasteiger charge is -2.44. The molecule has 28 heavy (non-hydrogen) atoms. The number of esters is 1. The minimum absolute atomic E-state index is 0.00547. The van der Waals surface area contributed by atoms with Crippen molar-refractivity contribution in [2.24, 2.45) is 17.1 Å². The molecule has 140 valence electrons. The maximum atomic E-state index is 11.7. The van der Waals surface area contributed by atoms with Crippen LogP contribution in [-0.2, 0) is 4.74 Å². The molecule has 0 aromatic heterocycles. The molecule has 2 unspecified atom stereocenters. The summed E-state index contributed by atoms with van der Waals surface area (Å²) < 4.78 is 4.73. The number of nitrogens with zero attached hydrogens (tertiary/aromatic N) is 4. The lowest BCUT2D eigenvalue weighted by atomic mass is 9.60. The summed E-state index contributed by atoms with van der Waals surface area (Å²) in [6.45, 7) is 1.18. The molecule has 1 aromatic rings. The SMILES string of the molecule is COC(=O)c1ccc(C2C(C#N)=C(N)C(C#N)(C#N)C3=CCN(C)CC32)cc1. The highest BCUT2D eigenvalue weighted by molar-refractivity contribution is 5.89. The van der Waals surface area contributed by atoms with Crippen LogP contribution in [0.5, 0.6) is 0 Å². The number of benzene rings is 1. The predicted octanol–water partition coefficient (Wildman–Crippen LogP) is 1.83. The van der Waals surface area contributed by atoms with Crippen molar-refractivity contribution in [1.82, 2.24) is 4.90 Å². The highest BCUT2D eigenvalue weighted by Gasteiger charge is 2.52. The summed E-state index contributed by atoms with van der Waals surface area (Å²) in [6, 6.07) is 13.1. The van der Waals surface area contributed by atoms with Crippen LogP contribution < -0.4 is 5.73 Å². The zero-order valence-corrected chi connectivity index (χ0v) is 15.6. The van der Waals surface area contributed by atoms with Crippen molar-refractivity contribution in [3.05, 3.63) is 58.3 Å². The number of carbonyl (C=O) groups is 1. The number of nitriles is 3. The maximum absolute atomic E-state index is 11.7. The second-order valence-corrected chi connectivity index (χ2v) is 6.99. The first-order valence-corrected chi connectivity index (χ1v) is 8.73. The monoisotopic (exact) mass is 373 g/mol. The number of likely N-dealkylation sites (N-methyl/N-ethyl adjacent to an activating group) is 1. The lowest BCUT2D eigenvalue weighted by Crippen LogP contribution is -2.46. The largest absolute Gasteiger partial charge is 0.465 e. The molecule has 0 saturated heterocycles. The standard InChI is InChI=1S/C21H19N5O2/c1-26-8-7-17-16(10-26)18(13-3-5-14(6-4-13)20(27)28-2)15(9-22)19(25)21(17,11-23)12-24/h3-7,16,18H,8,10,25H2,1-2H3. The van der Waals surface area contributed by atoms with Crippen molar-refractivity contribution in [1.29, 1.82) is 15.8 Å². The van der Waals surface area contributed by atoms with Gasteiger partial charge in [0, 0.05) is 24.9 Å². The van der Waals surface area contributed by atoms with E-state index in [0.717, 1.165) is 5.56 Å². The Morgan fingerprint density at radius 3 is 2.43 bits per heavy atom. The van der Waals surface area contributed by atoms with Crippen LogP contribution in [0.4, 0.5) is 0 Å². The van der Waals surface area contributed by atoms with Crippen LogP contribution in [-0.4, -0.2) is 38.1 Å². The number of nitrogens with two attached hydrogens (primary N) is 1. The van der Waals surface area contributed by atoms with Crippen molar-refractivity contribution in [3.63, 3.8) is 0 Å². The molecule has 1 heterocycles. The Balaban J connectivity index is 2.21. The van der Waals surface area contributed by atoms with Gasteiger partial charge in [0.2, 0.25) is 5.41 Å². The number of carbonyl (C=O) groups excluding carboxylic acids is 1. The zero-order valence-electron chi connectivity index (χ0n) is 15.6. The molecular formula is C21H19N5O2. The van der Waals surface area contributed by atoms with E-state index in [2.05, 4.69) is 23.1 Å². The topological polar surface area (TPSA) is 127 Å². The van der Waals surface area contributed by atoms with Crippen LogP contribution in [0.15, 0.2) is 47.2 Å². The van der Waals surface area contributed by atoms with Gasteiger partial charge < -0.3 is 15.4 Å². The van der Waals surface area contributed by atoms with Crippen molar-refractivity contribution in [2.75, 3.05) is 27.2 Å². The minimum atomic E-state index is -1.63. The smallest absolute Gasteiger partial charge is 0.337 e. The molecule has 0 saturated carbocycles. The number of hydrogen-bond donors (Lipinski definition) is 1. The third-order valence-electron chi connectivity index (χ3n) is 5.52. The number of ether oxygens (including phenoxy) is 1. The second kappa shape index (κ2) is 7.19. The number of methoxy groups -OCH3 is 1. The summed E-state index contributed by atoms with van der Waals surface area (Å²) >= 11 is 0. The van der Waals surface area contributed by atoms with E-state index in [1.807, 2.05) is 13.1 Å². The lowest BCUT2D eigenvalue weighted by molar-refractivity contribution is 0.0600. The normalized spacial score (nSPS) is 23.5. The maximum Gasteiger partial charge on any atom is 0.337 e. The first-order chi connectivity index (χ1) is 13.4. The Hall–Kier alpha value is -3.60. The first-order valence-electron chi connectivity index (χ1n) is 8.73. The molecule has 1 aliphatic heterocycles. The Morgan fingerprint density at radius 1 is 1.25 bits per heavy atom. The molecule has 0 bridgehead atoms. The quantitative estimate of drug-likeness (QED) is 0.619. The van der Waals surface area contributed by atoms with Crippen LogP contribution in [0.2, 0.25) is 0 Å². The number of hydrogen-bond acceptors (Lipinski definition) is 7. The highest BCUT2D eigenvalue weighted by Crippen LogP contribution is 2.52. The fourth-order valence-electron chi connectivity index (χ4n) is 4.10. The van der Waals surface area contributed by atoms with Crippen LogP contribution in [0.25, 0.3) is 0 Å². The molecule has 0 radical (unpaired) electrons. The summed E-state index contributed by atoms with van der Waals surface area (Å²) in [5.74, 6) is -1.10. The van der Waals surface area contributed by atoms with Gasteiger partial charge in [0.15, 0.2) is 0 Å². The second-order valence-electron chi connectivity index (χ2n) is 6.99. The molecule has 1 aromatic carbocycles. The van der Waals surface area contributed by atoms with Gasteiger partial charge in [0.1, 0.15) is 0 Å². The summed E-state index contributed by atoms with van der Waals surface area (Å²) in [7, 11) is 3.26. The summed E-state index contributed by atoms with van der Waals surface area (Å²) in [4.78, 5) is 13.8. The van der Waals surface area contributed by atoms with E-state index in [0.29, 0.717) is 24.2 Å². The fraction of sp³-hybridized carbons (Fsp3) is 0.333. The molecule has 3 rings (SSSR count). The van der Waals surface area contributed by atoms with Crippen LogP contribution in [0.1, 0.15) is 21.8 Å². The van der Waals surface area contributed by atoms with Gasteiger partial charge in [-0.25, -0.2) is 4.79 Å². The van der Waals surface area contributed by atoms with E-state index in [1.165, 1.54) is 7.11 Å².